The third-order valence-electron chi connectivity index (χ3n) is 3.72. The highest BCUT2D eigenvalue weighted by Gasteiger charge is 2.21. The smallest absolute Gasteiger partial charge is 0.138 e. The number of nitrogens with zero attached hydrogens (tertiary/aromatic N) is 2. The summed E-state index contributed by atoms with van der Waals surface area (Å²) >= 11 is 0. The number of hydrogen-bond acceptors (Lipinski definition) is 4. The second-order valence-electron chi connectivity index (χ2n) is 6.47. The van der Waals surface area contributed by atoms with Crippen LogP contribution in [0.3, 0.4) is 0 Å². The van der Waals surface area contributed by atoms with E-state index in [9.17, 15) is 0 Å². The zero-order chi connectivity index (χ0) is 14.8. The lowest BCUT2D eigenvalue weighted by Gasteiger charge is -2.24. The first kappa shape index (κ1) is 15.7. The molecule has 4 heteroatoms. The van der Waals surface area contributed by atoms with E-state index in [1.165, 1.54) is 0 Å². The average Bonchev–Trinajstić information content (AvgIpc) is 2.32. The predicted molar refractivity (Wildman–Crippen MR) is 82.4 cm³/mol. The van der Waals surface area contributed by atoms with E-state index >= 15 is 0 Å². The number of nitrogen functional groups attached to an aromatic ring is 1. The van der Waals surface area contributed by atoms with Gasteiger partial charge in [0.25, 0.3) is 0 Å². The second-order valence-corrected chi connectivity index (χ2v) is 6.47. The van der Waals surface area contributed by atoms with Crippen LogP contribution in [0.2, 0.25) is 0 Å². The summed E-state index contributed by atoms with van der Waals surface area (Å²) in [5.74, 6) is 2.81. The molecule has 1 aromatic heterocycles. The van der Waals surface area contributed by atoms with Gasteiger partial charge in [0.15, 0.2) is 0 Å². The Balaban J connectivity index is 3.10. The number of nitrogens with one attached hydrogen (secondary N) is 1. The zero-order valence-electron chi connectivity index (χ0n) is 13.3. The molecule has 0 saturated carbocycles. The molecule has 0 bridgehead atoms. The van der Waals surface area contributed by atoms with E-state index in [4.69, 9.17) is 5.73 Å². The van der Waals surface area contributed by atoms with Gasteiger partial charge in [0, 0.05) is 17.0 Å². The van der Waals surface area contributed by atoms with Crippen LogP contribution >= 0.6 is 0 Å². The van der Waals surface area contributed by atoms with Gasteiger partial charge in [-0.1, -0.05) is 41.0 Å². The molecule has 0 fully saturated rings. The normalized spacial score (nSPS) is 15.1. The minimum atomic E-state index is -0.0993. The number of nitrogens with two attached hydrogens (primary N) is 1. The van der Waals surface area contributed by atoms with E-state index in [-0.39, 0.29) is 5.41 Å². The fourth-order valence-corrected chi connectivity index (χ4v) is 1.72. The molecule has 0 amide bonds. The van der Waals surface area contributed by atoms with Crippen LogP contribution < -0.4 is 11.1 Å². The monoisotopic (exact) mass is 264 g/mol. The van der Waals surface area contributed by atoms with Crippen LogP contribution in [0.5, 0.6) is 0 Å². The minimum Gasteiger partial charge on any atom is -0.383 e. The molecule has 0 aromatic carbocycles. The first-order valence-electron chi connectivity index (χ1n) is 7.08. The van der Waals surface area contributed by atoms with Crippen molar-refractivity contribution in [1.82, 2.24) is 9.97 Å². The number of aromatic nitrogens is 2. The van der Waals surface area contributed by atoms with Crippen LogP contribution in [-0.4, -0.2) is 16.0 Å². The van der Waals surface area contributed by atoms with Gasteiger partial charge >= 0.3 is 0 Å². The SMILES string of the molecule is CCC(C)C(C)Nc1nc(C(C)(C)C)nc(N)c1C. The topological polar surface area (TPSA) is 63.8 Å². The van der Waals surface area contributed by atoms with Crippen LogP contribution in [0.4, 0.5) is 11.6 Å². The molecule has 108 valence electrons. The number of rotatable bonds is 4. The Kier molecular flexibility index (Phi) is 4.77. The summed E-state index contributed by atoms with van der Waals surface area (Å²) in [6, 6.07) is 0.366. The Morgan fingerprint density at radius 2 is 1.79 bits per heavy atom. The molecule has 0 aliphatic rings. The minimum absolute atomic E-state index is 0.0993. The van der Waals surface area contributed by atoms with Crippen LogP contribution in [0.1, 0.15) is 59.4 Å². The van der Waals surface area contributed by atoms with Crippen molar-refractivity contribution in [3.8, 4) is 0 Å². The molecule has 1 heterocycles. The Morgan fingerprint density at radius 1 is 1.21 bits per heavy atom. The third kappa shape index (κ3) is 3.82. The summed E-state index contributed by atoms with van der Waals surface area (Å²) in [6.07, 6.45) is 1.14. The van der Waals surface area contributed by atoms with Crippen LogP contribution in [-0.2, 0) is 5.41 Å². The second kappa shape index (κ2) is 5.76. The van der Waals surface area contributed by atoms with Crippen molar-refractivity contribution in [2.75, 3.05) is 11.1 Å². The van der Waals surface area contributed by atoms with E-state index < -0.39 is 0 Å². The van der Waals surface area contributed by atoms with Crippen LogP contribution in [0.15, 0.2) is 0 Å². The molecule has 2 unspecified atom stereocenters. The van der Waals surface area contributed by atoms with Gasteiger partial charge in [0.1, 0.15) is 17.5 Å². The lowest BCUT2D eigenvalue weighted by molar-refractivity contribution is 0.491. The first-order valence-corrected chi connectivity index (χ1v) is 7.08. The highest BCUT2D eigenvalue weighted by atomic mass is 15.1. The van der Waals surface area contributed by atoms with E-state index in [0.717, 1.165) is 23.6 Å². The molecule has 0 aliphatic carbocycles. The van der Waals surface area contributed by atoms with Gasteiger partial charge in [-0.3, -0.25) is 0 Å². The van der Waals surface area contributed by atoms with Crippen molar-refractivity contribution < 1.29 is 0 Å². The first-order chi connectivity index (χ1) is 8.66. The standard InChI is InChI=1S/C15H28N4/c1-8-9(2)11(4)17-13-10(3)12(16)18-14(19-13)15(5,6)7/h9,11H,8H2,1-7H3,(H3,16,17,18,19). The molecular weight excluding hydrogens is 236 g/mol. The summed E-state index contributed by atoms with van der Waals surface area (Å²) in [5, 5.41) is 3.48. The molecule has 4 nitrogen and oxygen atoms in total. The van der Waals surface area contributed by atoms with E-state index in [1.54, 1.807) is 0 Å². The summed E-state index contributed by atoms with van der Waals surface area (Å²) in [7, 11) is 0. The quantitative estimate of drug-likeness (QED) is 0.873. The fraction of sp³-hybridized carbons (Fsp3) is 0.733. The van der Waals surface area contributed by atoms with Crippen molar-refractivity contribution in [3.05, 3.63) is 11.4 Å². The van der Waals surface area contributed by atoms with E-state index in [2.05, 4.69) is 56.8 Å². The third-order valence-corrected chi connectivity index (χ3v) is 3.72. The molecule has 0 aliphatic heterocycles. The zero-order valence-corrected chi connectivity index (χ0v) is 13.3. The number of anilines is 2. The Bertz CT molecular complexity index is 435. The molecule has 0 spiro atoms. The molecule has 0 radical (unpaired) electrons. The van der Waals surface area contributed by atoms with Crippen molar-refractivity contribution >= 4 is 11.6 Å². The van der Waals surface area contributed by atoms with Gasteiger partial charge in [-0.15, -0.1) is 0 Å². The Labute approximate surface area is 117 Å². The van der Waals surface area contributed by atoms with Gasteiger partial charge in [-0.25, -0.2) is 9.97 Å². The highest BCUT2D eigenvalue weighted by Crippen LogP contribution is 2.26. The van der Waals surface area contributed by atoms with E-state index in [1.807, 2.05) is 6.92 Å². The molecule has 3 N–H and O–H groups in total. The largest absolute Gasteiger partial charge is 0.383 e. The Morgan fingerprint density at radius 3 is 2.26 bits per heavy atom. The van der Waals surface area contributed by atoms with Crippen molar-refractivity contribution in [2.45, 2.75) is 66.3 Å². The Hall–Kier alpha value is -1.32. The van der Waals surface area contributed by atoms with Gasteiger partial charge in [0.05, 0.1) is 0 Å². The van der Waals surface area contributed by atoms with Gasteiger partial charge in [-0.05, 0) is 19.8 Å². The maximum Gasteiger partial charge on any atom is 0.138 e. The summed E-state index contributed by atoms with van der Waals surface area (Å²) in [6.45, 7) is 14.9. The molecule has 1 rings (SSSR count). The van der Waals surface area contributed by atoms with Gasteiger partial charge in [-0.2, -0.15) is 0 Å². The maximum atomic E-state index is 6.01. The van der Waals surface area contributed by atoms with Crippen LogP contribution in [0.25, 0.3) is 0 Å². The number of hydrogen-bond donors (Lipinski definition) is 2. The predicted octanol–water partition coefficient (Wildman–Crippen LogP) is 3.51. The lowest BCUT2D eigenvalue weighted by atomic mass is 9.95. The van der Waals surface area contributed by atoms with Crippen molar-refractivity contribution in [3.63, 3.8) is 0 Å². The summed E-state index contributed by atoms with van der Waals surface area (Å²) < 4.78 is 0. The molecular formula is C15H28N4. The molecule has 1 aromatic rings. The fourth-order valence-electron chi connectivity index (χ4n) is 1.72. The molecule has 2 atom stereocenters. The van der Waals surface area contributed by atoms with Gasteiger partial charge in [0.2, 0.25) is 0 Å². The van der Waals surface area contributed by atoms with Crippen molar-refractivity contribution in [2.24, 2.45) is 5.92 Å². The average molecular weight is 264 g/mol. The maximum absolute atomic E-state index is 6.01. The van der Waals surface area contributed by atoms with E-state index in [0.29, 0.717) is 17.8 Å². The lowest BCUT2D eigenvalue weighted by Crippen LogP contribution is -2.26. The van der Waals surface area contributed by atoms with Gasteiger partial charge < -0.3 is 11.1 Å². The van der Waals surface area contributed by atoms with Crippen molar-refractivity contribution in [1.29, 1.82) is 0 Å². The molecule has 0 saturated heterocycles. The highest BCUT2D eigenvalue weighted by molar-refractivity contribution is 5.55. The summed E-state index contributed by atoms with van der Waals surface area (Å²) in [5.41, 5.74) is 6.85. The summed E-state index contributed by atoms with van der Waals surface area (Å²) in [4.78, 5) is 9.06. The molecule has 19 heavy (non-hydrogen) atoms. The van der Waals surface area contributed by atoms with Crippen LogP contribution in [0, 0.1) is 12.8 Å².